The van der Waals surface area contributed by atoms with Crippen LogP contribution in [0, 0.1) is 11.3 Å². The number of pyridine rings is 1. The molecule has 1 aromatic heterocycles. The van der Waals surface area contributed by atoms with Gasteiger partial charge < -0.3 is 5.11 Å². The Kier molecular flexibility index (Phi) is 3.99. The molecule has 0 saturated heterocycles. The lowest BCUT2D eigenvalue weighted by Gasteiger charge is -2.33. The molecule has 16 heavy (non-hydrogen) atoms. The Bertz CT molecular complexity index is 395. The second-order valence-corrected chi connectivity index (χ2v) is 4.45. The quantitative estimate of drug-likeness (QED) is 0.825. The molecule has 0 atom stereocenters. The minimum absolute atomic E-state index is 0.0750. The Morgan fingerprint density at radius 3 is 2.81 bits per heavy atom. The van der Waals surface area contributed by atoms with Gasteiger partial charge in [0.1, 0.15) is 11.8 Å². The SMILES string of the molecule is CN(Cc1cccnc1C#N)C(C)(C)CO. The Balaban J connectivity index is 2.85. The molecule has 4 heteroatoms. The highest BCUT2D eigenvalue weighted by molar-refractivity contribution is 5.30. The molecular weight excluding hydrogens is 202 g/mol. The molecule has 0 radical (unpaired) electrons. The second kappa shape index (κ2) is 5.06. The first-order valence-corrected chi connectivity index (χ1v) is 5.17. The van der Waals surface area contributed by atoms with E-state index in [1.54, 1.807) is 6.20 Å². The molecule has 0 spiro atoms. The third-order valence-corrected chi connectivity index (χ3v) is 2.82. The van der Waals surface area contributed by atoms with E-state index in [0.29, 0.717) is 12.2 Å². The molecule has 1 heterocycles. The van der Waals surface area contributed by atoms with Crippen molar-refractivity contribution in [3.8, 4) is 6.07 Å². The van der Waals surface area contributed by atoms with Gasteiger partial charge in [-0.3, -0.25) is 4.90 Å². The molecule has 1 N–H and O–H groups in total. The van der Waals surface area contributed by atoms with Gasteiger partial charge in [0.05, 0.1) is 6.61 Å². The van der Waals surface area contributed by atoms with E-state index in [1.807, 2.05) is 37.9 Å². The predicted octanol–water partition coefficient (Wildman–Crippen LogP) is 1.16. The molecule has 1 aromatic rings. The van der Waals surface area contributed by atoms with E-state index in [1.165, 1.54) is 0 Å². The average Bonchev–Trinajstić information content (AvgIpc) is 2.29. The maximum absolute atomic E-state index is 9.25. The highest BCUT2D eigenvalue weighted by Gasteiger charge is 2.23. The molecule has 86 valence electrons. The van der Waals surface area contributed by atoms with Crippen LogP contribution in [0.15, 0.2) is 18.3 Å². The number of nitriles is 1. The van der Waals surface area contributed by atoms with Crippen LogP contribution in [0.4, 0.5) is 0 Å². The molecule has 0 aliphatic rings. The summed E-state index contributed by atoms with van der Waals surface area (Å²) in [6.45, 7) is 4.58. The molecule has 0 amide bonds. The van der Waals surface area contributed by atoms with Crippen molar-refractivity contribution >= 4 is 0 Å². The van der Waals surface area contributed by atoms with Gasteiger partial charge in [-0.1, -0.05) is 6.07 Å². The van der Waals surface area contributed by atoms with Crippen molar-refractivity contribution in [3.63, 3.8) is 0 Å². The summed E-state index contributed by atoms with van der Waals surface area (Å²) in [4.78, 5) is 6.01. The van der Waals surface area contributed by atoms with Crippen molar-refractivity contribution < 1.29 is 5.11 Å². The smallest absolute Gasteiger partial charge is 0.144 e. The molecule has 4 nitrogen and oxygen atoms in total. The van der Waals surface area contributed by atoms with E-state index in [9.17, 15) is 5.11 Å². The van der Waals surface area contributed by atoms with Crippen LogP contribution in [-0.2, 0) is 6.54 Å². The number of aliphatic hydroxyl groups is 1. The fraction of sp³-hybridized carbons (Fsp3) is 0.500. The number of hydrogen-bond acceptors (Lipinski definition) is 4. The molecule has 0 fully saturated rings. The summed E-state index contributed by atoms with van der Waals surface area (Å²) in [5, 5.41) is 18.2. The number of nitrogens with zero attached hydrogens (tertiary/aromatic N) is 3. The van der Waals surface area contributed by atoms with Crippen LogP contribution in [0.3, 0.4) is 0 Å². The van der Waals surface area contributed by atoms with Gasteiger partial charge in [0.25, 0.3) is 0 Å². The predicted molar refractivity (Wildman–Crippen MR) is 61.6 cm³/mol. The van der Waals surface area contributed by atoms with Gasteiger partial charge in [0.2, 0.25) is 0 Å². The highest BCUT2D eigenvalue weighted by Crippen LogP contribution is 2.16. The molecule has 0 aromatic carbocycles. The van der Waals surface area contributed by atoms with E-state index in [4.69, 9.17) is 5.26 Å². The van der Waals surface area contributed by atoms with Crippen LogP contribution >= 0.6 is 0 Å². The van der Waals surface area contributed by atoms with Gasteiger partial charge in [-0.2, -0.15) is 5.26 Å². The van der Waals surface area contributed by atoms with E-state index < -0.39 is 0 Å². The van der Waals surface area contributed by atoms with E-state index in [-0.39, 0.29) is 12.1 Å². The molecule has 1 rings (SSSR count). The van der Waals surface area contributed by atoms with Crippen LogP contribution in [-0.4, -0.2) is 34.2 Å². The zero-order valence-corrected chi connectivity index (χ0v) is 9.94. The zero-order chi connectivity index (χ0) is 12.2. The van der Waals surface area contributed by atoms with Gasteiger partial charge in [0.15, 0.2) is 0 Å². The van der Waals surface area contributed by atoms with E-state index >= 15 is 0 Å². The topological polar surface area (TPSA) is 60.2 Å². The minimum atomic E-state index is -0.303. The van der Waals surface area contributed by atoms with Crippen molar-refractivity contribution in [2.75, 3.05) is 13.7 Å². The van der Waals surface area contributed by atoms with Crippen LogP contribution < -0.4 is 0 Å². The Hall–Kier alpha value is -1.44. The molecule has 0 aliphatic heterocycles. The molecule has 0 bridgehead atoms. The first-order valence-electron chi connectivity index (χ1n) is 5.17. The van der Waals surface area contributed by atoms with Gasteiger partial charge in [-0.15, -0.1) is 0 Å². The fourth-order valence-corrected chi connectivity index (χ4v) is 1.26. The lowest BCUT2D eigenvalue weighted by Crippen LogP contribution is -2.43. The lowest BCUT2D eigenvalue weighted by molar-refractivity contribution is 0.0732. The number of aromatic nitrogens is 1. The Morgan fingerprint density at radius 1 is 1.56 bits per heavy atom. The van der Waals surface area contributed by atoms with Crippen molar-refractivity contribution in [3.05, 3.63) is 29.6 Å². The summed E-state index contributed by atoms with van der Waals surface area (Å²) >= 11 is 0. The zero-order valence-electron chi connectivity index (χ0n) is 9.94. The van der Waals surface area contributed by atoms with Crippen LogP contribution in [0.25, 0.3) is 0 Å². The highest BCUT2D eigenvalue weighted by atomic mass is 16.3. The molecule has 0 saturated carbocycles. The Morgan fingerprint density at radius 2 is 2.25 bits per heavy atom. The summed E-state index contributed by atoms with van der Waals surface area (Å²) in [7, 11) is 1.92. The standard InChI is InChI=1S/C12H17N3O/c1-12(2,9-16)15(3)8-10-5-4-6-14-11(10)7-13/h4-6,16H,8-9H2,1-3H3. The molecule has 0 unspecified atom stereocenters. The summed E-state index contributed by atoms with van der Waals surface area (Å²) < 4.78 is 0. The van der Waals surface area contributed by atoms with Gasteiger partial charge in [-0.05, 0) is 27.0 Å². The third kappa shape index (κ3) is 2.78. The molecule has 0 aliphatic carbocycles. The lowest BCUT2D eigenvalue weighted by atomic mass is 10.0. The normalized spacial score (nSPS) is 11.5. The van der Waals surface area contributed by atoms with Crippen molar-refractivity contribution in [1.29, 1.82) is 5.26 Å². The van der Waals surface area contributed by atoms with Crippen LogP contribution in [0.2, 0.25) is 0 Å². The summed E-state index contributed by atoms with van der Waals surface area (Å²) in [6, 6.07) is 5.77. The Labute approximate surface area is 96.2 Å². The second-order valence-electron chi connectivity index (χ2n) is 4.45. The van der Waals surface area contributed by atoms with Gasteiger partial charge in [0, 0.05) is 23.8 Å². The van der Waals surface area contributed by atoms with Gasteiger partial charge >= 0.3 is 0 Å². The number of hydrogen-bond donors (Lipinski definition) is 1. The van der Waals surface area contributed by atoms with E-state index in [0.717, 1.165) is 5.56 Å². The molecular formula is C12H17N3O. The van der Waals surface area contributed by atoms with Crippen LogP contribution in [0.5, 0.6) is 0 Å². The first-order chi connectivity index (χ1) is 7.51. The monoisotopic (exact) mass is 219 g/mol. The average molecular weight is 219 g/mol. The van der Waals surface area contributed by atoms with Crippen LogP contribution in [0.1, 0.15) is 25.1 Å². The first kappa shape index (κ1) is 12.6. The number of likely N-dealkylation sites (N-methyl/N-ethyl adjacent to an activating group) is 1. The summed E-state index contributed by atoms with van der Waals surface area (Å²) in [5.41, 5.74) is 1.03. The maximum atomic E-state index is 9.25. The van der Waals surface area contributed by atoms with Crippen molar-refractivity contribution in [2.45, 2.75) is 25.9 Å². The summed E-state index contributed by atoms with van der Waals surface area (Å²) in [5.74, 6) is 0. The fourth-order valence-electron chi connectivity index (χ4n) is 1.26. The minimum Gasteiger partial charge on any atom is -0.394 e. The maximum Gasteiger partial charge on any atom is 0.144 e. The van der Waals surface area contributed by atoms with Gasteiger partial charge in [-0.25, -0.2) is 4.98 Å². The number of rotatable bonds is 4. The largest absolute Gasteiger partial charge is 0.394 e. The summed E-state index contributed by atoms with van der Waals surface area (Å²) in [6.07, 6.45) is 1.61. The van der Waals surface area contributed by atoms with Crippen molar-refractivity contribution in [1.82, 2.24) is 9.88 Å². The van der Waals surface area contributed by atoms with E-state index in [2.05, 4.69) is 11.1 Å². The van der Waals surface area contributed by atoms with Crippen molar-refractivity contribution in [2.24, 2.45) is 0 Å². The third-order valence-electron chi connectivity index (χ3n) is 2.82. The number of aliphatic hydroxyl groups excluding tert-OH is 1.